The summed E-state index contributed by atoms with van der Waals surface area (Å²) in [5.41, 5.74) is 0. The highest BCUT2D eigenvalue weighted by Crippen LogP contribution is 2.05. The maximum atomic E-state index is 11.6. The van der Waals surface area contributed by atoms with Crippen molar-refractivity contribution in [2.24, 2.45) is 5.92 Å². The van der Waals surface area contributed by atoms with Crippen molar-refractivity contribution in [3.8, 4) is 0 Å². The Labute approximate surface area is 87.0 Å². The van der Waals surface area contributed by atoms with Gasteiger partial charge in [-0.3, -0.25) is 0 Å². The zero-order chi connectivity index (χ0) is 11.2. The Morgan fingerprint density at radius 2 is 1.86 bits per heavy atom. The normalized spacial score (nSPS) is 12.7. The number of aliphatic hydroxyl groups is 1. The fourth-order valence-electron chi connectivity index (χ4n) is 1.18. The van der Waals surface area contributed by atoms with Crippen LogP contribution >= 0.6 is 0 Å². The van der Waals surface area contributed by atoms with Crippen molar-refractivity contribution in [2.45, 2.75) is 26.7 Å². The molecule has 0 aliphatic carbocycles. The van der Waals surface area contributed by atoms with Crippen LogP contribution in [0.1, 0.15) is 26.7 Å². The molecule has 0 fully saturated rings. The summed E-state index contributed by atoms with van der Waals surface area (Å²) < 4.78 is 24.6. The van der Waals surface area contributed by atoms with E-state index in [1.807, 2.05) is 13.8 Å². The van der Waals surface area contributed by atoms with Crippen molar-refractivity contribution in [3.05, 3.63) is 0 Å². The first-order valence-corrected chi connectivity index (χ1v) is 6.56. The average molecular weight is 223 g/mol. The molecule has 0 radical (unpaired) electrons. The van der Waals surface area contributed by atoms with Gasteiger partial charge in [0, 0.05) is 20.2 Å². The summed E-state index contributed by atoms with van der Waals surface area (Å²) in [4.78, 5) is 0. The average Bonchev–Trinajstić information content (AvgIpc) is 2.03. The summed E-state index contributed by atoms with van der Waals surface area (Å²) in [5.74, 6) is 0.476. The molecule has 0 atom stereocenters. The second kappa shape index (κ2) is 6.37. The molecule has 14 heavy (non-hydrogen) atoms. The quantitative estimate of drug-likeness (QED) is 0.646. The minimum atomic E-state index is -3.11. The van der Waals surface area contributed by atoms with Gasteiger partial charge < -0.3 is 5.11 Å². The highest BCUT2D eigenvalue weighted by atomic mass is 32.2. The molecule has 1 N–H and O–H groups in total. The maximum absolute atomic E-state index is 11.6. The molecule has 0 saturated carbocycles. The van der Waals surface area contributed by atoms with Crippen LogP contribution in [0.2, 0.25) is 0 Å². The van der Waals surface area contributed by atoms with E-state index in [2.05, 4.69) is 0 Å². The second-order valence-electron chi connectivity index (χ2n) is 3.92. The molecule has 0 aromatic carbocycles. The van der Waals surface area contributed by atoms with E-state index in [4.69, 9.17) is 5.11 Å². The summed E-state index contributed by atoms with van der Waals surface area (Å²) in [6.07, 6.45) is 1.08. The molecule has 0 aromatic rings. The Balaban J connectivity index is 4.04. The fourth-order valence-corrected chi connectivity index (χ4v) is 2.59. The Hall–Kier alpha value is -0.130. The van der Waals surface area contributed by atoms with Crippen molar-refractivity contribution in [1.29, 1.82) is 0 Å². The first kappa shape index (κ1) is 13.9. The van der Waals surface area contributed by atoms with Crippen LogP contribution in [-0.4, -0.2) is 43.8 Å². The van der Waals surface area contributed by atoms with Crippen molar-refractivity contribution >= 4 is 10.0 Å². The summed E-state index contributed by atoms with van der Waals surface area (Å²) in [7, 11) is -1.50. The lowest BCUT2D eigenvalue weighted by Crippen LogP contribution is -2.32. The smallest absolute Gasteiger partial charge is 0.213 e. The third kappa shape index (κ3) is 5.57. The van der Waals surface area contributed by atoms with Crippen LogP contribution < -0.4 is 0 Å². The molecule has 0 unspecified atom stereocenters. The van der Waals surface area contributed by atoms with Crippen LogP contribution in [0.15, 0.2) is 0 Å². The van der Waals surface area contributed by atoms with E-state index in [-0.39, 0.29) is 12.4 Å². The molecule has 0 rings (SSSR count). The topological polar surface area (TPSA) is 57.6 Å². The molecule has 0 aliphatic rings. The standard InChI is InChI=1S/C9H21NO3S/c1-9(2)8-10(3)14(12,13)7-5-4-6-11/h9,11H,4-8H2,1-3H3. The number of sulfonamides is 1. The highest BCUT2D eigenvalue weighted by molar-refractivity contribution is 7.89. The number of unbranched alkanes of at least 4 members (excludes halogenated alkanes) is 1. The van der Waals surface area contributed by atoms with Crippen molar-refractivity contribution < 1.29 is 13.5 Å². The van der Waals surface area contributed by atoms with Gasteiger partial charge in [-0.15, -0.1) is 0 Å². The van der Waals surface area contributed by atoms with Gasteiger partial charge in [-0.05, 0) is 18.8 Å². The van der Waals surface area contributed by atoms with E-state index < -0.39 is 10.0 Å². The predicted octanol–water partition coefficient (Wildman–Crippen LogP) is 0.676. The Bertz CT molecular complexity index is 236. The Morgan fingerprint density at radius 3 is 2.29 bits per heavy atom. The third-order valence-electron chi connectivity index (χ3n) is 1.91. The zero-order valence-electron chi connectivity index (χ0n) is 9.23. The fraction of sp³-hybridized carbons (Fsp3) is 1.00. The number of nitrogens with zero attached hydrogens (tertiary/aromatic N) is 1. The van der Waals surface area contributed by atoms with E-state index in [1.54, 1.807) is 7.05 Å². The molecular formula is C9H21NO3S. The molecule has 0 heterocycles. The van der Waals surface area contributed by atoms with E-state index in [0.29, 0.717) is 25.3 Å². The van der Waals surface area contributed by atoms with Crippen LogP contribution in [0.4, 0.5) is 0 Å². The van der Waals surface area contributed by atoms with E-state index in [0.717, 1.165) is 0 Å². The predicted molar refractivity (Wildman–Crippen MR) is 57.6 cm³/mol. The van der Waals surface area contributed by atoms with E-state index in [9.17, 15) is 8.42 Å². The summed E-state index contributed by atoms with van der Waals surface area (Å²) >= 11 is 0. The Morgan fingerprint density at radius 1 is 1.29 bits per heavy atom. The van der Waals surface area contributed by atoms with Gasteiger partial charge in [0.15, 0.2) is 0 Å². The van der Waals surface area contributed by atoms with Crippen LogP contribution in [0.25, 0.3) is 0 Å². The van der Waals surface area contributed by atoms with E-state index in [1.165, 1.54) is 4.31 Å². The van der Waals surface area contributed by atoms with Crippen LogP contribution in [0.3, 0.4) is 0 Å². The van der Waals surface area contributed by atoms with Crippen LogP contribution in [0, 0.1) is 5.92 Å². The molecule has 0 aliphatic heterocycles. The first-order valence-electron chi connectivity index (χ1n) is 4.95. The Kier molecular flexibility index (Phi) is 6.31. The molecule has 0 saturated heterocycles. The molecule has 0 aromatic heterocycles. The second-order valence-corrected chi connectivity index (χ2v) is 6.12. The van der Waals surface area contributed by atoms with Gasteiger partial charge in [-0.2, -0.15) is 0 Å². The largest absolute Gasteiger partial charge is 0.396 e. The minimum Gasteiger partial charge on any atom is -0.396 e. The van der Waals surface area contributed by atoms with Gasteiger partial charge in [-0.25, -0.2) is 12.7 Å². The van der Waals surface area contributed by atoms with Gasteiger partial charge >= 0.3 is 0 Å². The van der Waals surface area contributed by atoms with Gasteiger partial charge in [0.25, 0.3) is 0 Å². The molecule has 86 valence electrons. The lowest BCUT2D eigenvalue weighted by atomic mass is 10.2. The third-order valence-corrected chi connectivity index (χ3v) is 3.81. The molecular weight excluding hydrogens is 202 g/mol. The van der Waals surface area contributed by atoms with Gasteiger partial charge in [0.1, 0.15) is 0 Å². The van der Waals surface area contributed by atoms with Crippen molar-refractivity contribution in [2.75, 3.05) is 26.0 Å². The lowest BCUT2D eigenvalue weighted by molar-refractivity contribution is 0.287. The molecule has 0 spiro atoms. The summed E-state index contributed by atoms with van der Waals surface area (Å²) in [6.45, 7) is 4.59. The molecule has 4 nitrogen and oxygen atoms in total. The summed E-state index contributed by atoms with van der Waals surface area (Å²) in [6, 6.07) is 0. The SMILES string of the molecule is CC(C)CN(C)S(=O)(=O)CCCCO. The monoisotopic (exact) mass is 223 g/mol. The molecule has 0 amide bonds. The molecule has 0 bridgehead atoms. The number of rotatable bonds is 7. The number of aliphatic hydroxyl groups excluding tert-OH is 1. The van der Waals surface area contributed by atoms with Crippen molar-refractivity contribution in [3.63, 3.8) is 0 Å². The van der Waals surface area contributed by atoms with Gasteiger partial charge in [0.05, 0.1) is 5.75 Å². The zero-order valence-corrected chi connectivity index (χ0v) is 10.0. The maximum Gasteiger partial charge on any atom is 0.213 e. The van der Waals surface area contributed by atoms with Crippen LogP contribution in [-0.2, 0) is 10.0 Å². The van der Waals surface area contributed by atoms with Crippen LogP contribution in [0.5, 0.6) is 0 Å². The van der Waals surface area contributed by atoms with E-state index >= 15 is 0 Å². The lowest BCUT2D eigenvalue weighted by Gasteiger charge is -2.18. The first-order chi connectivity index (χ1) is 6.40. The summed E-state index contributed by atoms with van der Waals surface area (Å²) in [5, 5.41) is 8.54. The minimum absolute atomic E-state index is 0.0589. The molecule has 5 heteroatoms. The van der Waals surface area contributed by atoms with Gasteiger partial charge in [0.2, 0.25) is 10.0 Å². The van der Waals surface area contributed by atoms with Crippen molar-refractivity contribution in [1.82, 2.24) is 4.31 Å². The highest BCUT2D eigenvalue weighted by Gasteiger charge is 2.17. The van der Waals surface area contributed by atoms with Gasteiger partial charge in [-0.1, -0.05) is 13.8 Å². The number of hydrogen-bond donors (Lipinski definition) is 1. The number of hydrogen-bond acceptors (Lipinski definition) is 3.